The lowest BCUT2D eigenvalue weighted by molar-refractivity contribution is 0.196. The van der Waals surface area contributed by atoms with Crippen molar-refractivity contribution >= 4 is 26.0 Å². The number of hydrogen-bond donors (Lipinski definition) is 0. The van der Waals surface area contributed by atoms with Crippen LogP contribution in [0.2, 0.25) is 0 Å². The van der Waals surface area contributed by atoms with Gasteiger partial charge >= 0.3 is 0 Å². The van der Waals surface area contributed by atoms with Crippen molar-refractivity contribution in [3.05, 3.63) is 34.3 Å². The fourth-order valence-corrected chi connectivity index (χ4v) is 3.99. The Morgan fingerprint density at radius 3 is 2.21 bits per heavy atom. The zero-order valence-electron chi connectivity index (χ0n) is 11.0. The molecule has 0 amide bonds. The van der Waals surface area contributed by atoms with Crippen molar-refractivity contribution in [2.45, 2.75) is 12.7 Å². The molecule has 1 fully saturated rings. The summed E-state index contributed by atoms with van der Waals surface area (Å²) in [6.07, 6.45) is 0. The summed E-state index contributed by atoms with van der Waals surface area (Å²) in [6.45, 7) is 5.96. The summed E-state index contributed by atoms with van der Waals surface area (Å²) in [5.41, 5.74) is 0.834. The molecule has 1 aromatic carbocycles. The van der Waals surface area contributed by atoms with E-state index in [1.54, 1.807) is 4.31 Å². The predicted molar refractivity (Wildman–Crippen MR) is 80.5 cm³/mol. The van der Waals surface area contributed by atoms with E-state index < -0.39 is 10.0 Å². The molecule has 0 aromatic heterocycles. The molecule has 106 valence electrons. The molecule has 4 nitrogen and oxygen atoms in total. The van der Waals surface area contributed by atoms with Gasteiger partial charge in [0.25, 0.3) is 0 Å². The molecule has 1 aliphatic rings. The molecule has 0 unspecified atom stereocenters. The summed E-state index contributed by atoms with van der Waals surface area (Å²) >= 11 is 3.35. The molecule has 1 aromatic rings. The lowest BCUT2D eigenvalue weighted by atomic mass is 10.2. The summed E-state index contributed by atoms with van der Waals surface area (Å²) < 4.78 is 27.2. The van der Waals surface area contributed by atoms with Gasteiger partial charge in [-0.3, -0.25) is 0 Å². The highest BCUT2D eigenvalue weighted by Gasteiger charge is 2.26. The molecule has 2 rings (SSSR count). The van der Waals surface area contributed by atoms with Crippen LogP contribution in [0.3, 0.4) is 0 Å². The number of piperazine rings is 1. The monoisotopic (exact) mass is 346 g/mol. The van der Waals surface area contributed by atoms with E-state index in [0.717, 1.165) is 29.7 Å². The van der Waals surface area contributed by atoms with E-state index in [0.29, 0.717) is 13.1 Å². The van der Waals surface area contributed by atoms with Gasteiger partial charge in [0.2, 0.25) is 10.0 Å². The molecule has 1 aliphatic heterocycles. The third kappa shape index (κ3) is 4.02. The van der Waals surface area contributed by atoms with Crippen LogP contribution in [-0.4, -0.2) is 50.3 Å². The van der Waals surface area contributed by atoms with Gasteiger partial charge in [-0.25, -0.2) is 8.42 Å². The van der Waals surface area contributed by atoms with Crippen LogP contribution in [0.1, 0.15) is 12.5 Å². The van der Waals surface area contributed by atoms with Crippen molar-refractivity contribution in [2.24, 2.45) is 0 Å². The molecule has 0 radical (unpaired) electrons. The first-order valence-electron chi connectivity index (χ1n) is 6.46. The van der Waals surface area contributed by atoms with Crippen LogP contribution >= 0.6 is 15.9 Å². The van der Waals surface area contributed by atoms with Gasteiger partial charge in [0.15, 0.2) is 0 Å². The molecule has 1 heterocycles. The smallest absolute Gasteiger partial charge is 0.218 e. The zero-order valence-corrected chi connectivity index (χ0v) is 13.5. The summed E-state index contributed by atoms with van der Waals surface area (Å²) in [5.74, 6) is 0.0897. The van der Waals surface area contributed by atoms with Crippen LogP contribution in [-0.2, 0) is 15.8 Å². The number of hydrogen-bond acceptors (Lipinski definition) is 3. The van der Waals surface area contributed by atoms with E-state index in [1.165, 1.54) is 0 Å². The van der Waals surface area contributed by atoms with Crippen molar-refractivity contribution in [3.63, 3.8) is 0 Å². The average Bonchev–Trinajstić information content (AvgIpc) is 2.41. The second-order valence-corrected chi connectivity index (χ2v) is 7.60. The third-order valence-corrected chi connectivity index (χ3v) is 5.81. The van der Waals surface area contributed by atoms with E-state index in [2.05, 4.69) is 27.8 Å². The largest absolute Gasteiger partial charge is 0.301 e. The van der Waals surface area contributed by atoms with Crippen molar-refractivity contribution in [1.82, 2.24) is 9.21 Å². The SMILES string of the molecule is CCN1CCN(S(=O)(=O)Cc2ccc(Br)cc2)CC1. The number of benzene rings is 1. The molecule has 0 N–H and O–H groups in total. The lowest BCUT2D eigenvalue weighted by Gasteiger charge is -2.33. The van der Waals surface area contributed by atoms with Gasteiger partial charge in [-0.2, -0.15) is 4.31 Å². The molecular formula is C13H19BrN2O2S. The lowest BCUT2D eigenvalue weighted by Crippen LogP contribution is -2.48. The van der Waals surface area contributed by atoms with Gasteiger partial charge in [0.1, 0.15) is 0 Å². The highest BCUT2D eigenvalue weighted by molar-refractivity contribution is 9.10. The Morgan fingerprint density at radius 2 is 1.68 bits per heavy atom. The van der Waals surface area contributed by atoms with E-state index in [9.17, 15) is 8.42 Å². The molecule has 6 heteroatoms. The Balaban J connectivity index is 2.01. The average molecular weight is 347 g/mol. The standard InChI is InChI=1S/C13H19BrN2O2S/c1-2-15-7-9-16(10-8-15)19(17,18)11-12-3-5-13(14)6-4-12/h3-6H,2,7-11H2,1H3. The fraction of sp³-hybridized carbons (Fsp3) is 0.538. The quantitative estimate of drug-likeness (QED) is 0.836. The minimum atomic E-state index is -3.19. The number of nitrogens with zero attached hydrogens (tertiary/aromatic N) is 2. The van der Waals surface area contributed by atoms with Crippen LogP contribution in [0.15, 0.2) is 28.7 Å². The number of rotatable bonds is 4. The summed E-state index contributed by atoms with van der Waals surface area (Å²) in [4.78, 5) is 2.27. The minimum absolute atomic E-state index is 0.0897. The predicted octanol–water partition coefficient (Wildman–Crippen LogP) is 1.92. The Kier molecular flexibility index (Phi) is 5.00. The second-order valence-electron chi connectivity index (χ2n) is 4.72. The number of likely N-dealkylation sites (N-methyl/N-ethyl adjacent to an activating group) is 1. The maximum absolute atomic E-state index is 12.3. The summed E-state index contributed by atoms with van der Waals surface area (Å²) in [6, 6.07) is 7.45. The minimum Gasteiger partial charge on any atom is -0.301 e. The topological polar surface area (TPSA) is 40.6 Å². The summed E-state index contributed by atoms with van der Waals surface area (Å²) in [7, 11) is -3.19. The van der Waals surface area contributed by atoms with Crippen molar-refractivity contribution < 1.29 is 8.42 Å². The highest BCUT2D eigenvalue weighted by Crippen LogP contribution is 2.16. The van der Waals surface area contributed by atoms with E-state index in [-0.39, 0.29) is 5.75 Å². The number of sulfonamides is 1. The normalized spacial score (nSPS) is 18.6. The highest BCUT2D eigenvalue weighted by atomic mass is 79.9. The van der Waals surface area contributed by atoms with Crippen molar-refractivity contribution in [3.8, 4) is 0 Å². The number of halogens is 1. The Hall–Kier alpha value is -0.430. The van der Waals surface area contributed by atoms with Gasteiger partial charge < -0.3 is 4.90 Å². The molecule has 0 aliphatic carbocycles. The Labute approximate surface area is 123 Å². The second kappa shape index (κ2) is 6.35. The Bertz CT molecular complexity index is 508. The molecule has 0 saturated carbocycles. The first-order valence-corrected chi connectivity index (χ1v) is 8.86. The molecule has 0 atom stereocenters. The first kappa shape index (κ1) is 15.0. The van der Waals surface area contributed by atoms with Crippen LogP contribution < -0.4 is 0 Å². The van der Waals surface area contributed by atoms with E-state index in [1.807, 2.05) is 24.3 Å². The zero-order chi connectivity index (χ0) is 13.9. The molecule has 0 bridgehead atoms. The van der Waals surface area contributed by atoms with Gasteiger partial charge in [-0.15, -0.1) is 0 Å². The molecular weight excluding hydrogens is 328 g/mol. The third-order valence-electron chi connectivity index (χ3n) is 3.43. The maximum Gasteiger partial charge on any atom is 0.218 e. The van der Waals surface area contributed by atoms with E-state index in [4.69, 9.17) is 0 Å². The van der Waals surface area contributed by atoms with Crippen LogP contribution in [0.4, 0.5) is 0 Å². The van der Waals surface area contributed by atoms with Crippen molar-refractivity contribution in [1.29, 1.82) is 0 Å². The van der Waals surface area contributed by atoms with Crippen LogP contribution in [0, 0.1) is 0 Å². The first-order chi connectivity index (χ1) is 9.01. The van der Waals surface area contributed by atoms with Crippen LogP contribution in [0.25, 0.3) is 0 Å². The van der Waals surface area contributed by atoms with Crippen LogP contribution in [0.5, 0.6) is 0 Å². The Morgan fingerprint density at radius 1 is 1.11 bits per heavy atom. The molecule has 1 saturated heterocycles. The molecule has 0 spiro atoms. The maximum atomic E-state index is 12.3. The van der Waals surface area contributed by atoms with E-state index >= 15 is 0 Å². The molecule has 19 heavy (non-hydrogen) atoms. The van der Waals surface area contributed by atoms with Gasteiger partial charge in [0, 0.05) is 30.7 Å². The van der Waals surface area contributed by atoms with Gasteiger partial charge in [-0.1, -0.05) is 35.0 Å². The fourth-order valence-electron chi connectivity index (χ4n) is 2.21. The van der Waals surface area contributed by atoms with Crippen molar-refractivity contribution in [2.75, 3.05) is 32.7 Å². The summed E-state index contributed by atoms with van der Waals surface area (Å²) in [5, 5.41) is 0. The van der Waals surface area contributed by atoms with Gasteiger partial charge in [0.05, 0.1) is 5.75 Å². The van der Waals surface area contributed by atoms with Gasteiger partial charge in [-0.05, 0) is 24.2 Å².